The van der Waals surface area contributed by atoms with E-state index in [-0.39, 0.29) is 27.4 Å². The lowest BCUT2D eigenvalue weighted by atomic mass is 10.2. The average Bonchev–Trinajstić information content (AvgIpc) is 2.62. The molecule has 0 atom stereocenters. The summed E-state index contributed by atoms with van der Waals surface area (Å²) in [7, 11) is 0. The highest BCUT2D eigenvalue weighted by Gasteiger charge is 2.30. The Labute approximate surface area is 155 Å². The molecule has 0 fully saturated rings. The number of anilines is 1. The first-order chi connectivity index (χ1) is 12.7. The highest BCUT2D eigenvalue weighted by Crippen LogP contribution is 2.30. The van der Waals surface area contributed by atoms with Crippen molar-refractivity contribution in [3.63, 3.8) is 0 Å². The molecule has 0 bridgehead atoms. The van der Waals surface area contributed by atoms with E-state index < -0.39 is 29.7 Å². The van der Waals surface area contributed by atoms with Gasteiger partial charge in [0, 0.05) is 11.8 Å². The lowest BCUT2D eigenvalue weighted by Crippen LogP contribution is -2.20. The first-order valence-electron chi connectivity index (χ1n) is 7.55. The molecule has 1 aromatic heterocycles. The molecular weight excluding hydrogens is 387 g/mol. The number of fused-ring (bicyclic) bond motifs is 1. The van der Waals surface area contributed by atoms with Crippen LogP contribution in [-0.4, -0.2) is 12.5 Å². The fraction of sp³-hybridized carbons (Fsp3) is 0.111. The van der Waals surface area contributed by atoms with Gasteiger partial charge in [0.2, 0.25) is 5.43 Å². The smallest absolute Gasteiger partial charge is 0.416 e. The highest BCUT2D eigenvalue weighted by atomic mass is 35.5. The summed E-state index contributed by atoms with van der Waals surface area (Å²) in [5.74, 6) is -0.404. The first-order valence-corrected chi connectivity index (χ1v) is 7.93. The van der Waals surface area contributed by atoms with Crippen LogP contribution >= 0.6 is 11.6 Å². The summed E-state index contributed by atoms with van der Waals surface area (Å²) in [6.07, 6.45) is -3.41. The van der Waals surface area contributed by atoms with Crippen LogP contribution in [0.2, 0.25) is 5.02 Å². The van der Waals surface area contributed by atoms with Gasteiger partial charge in [-0.15, -0.1) is 0 Å². The Morgan fingerprint density at radius 2 is 1.96 bits per heavy atom. The maximum absolute atomic E-state index is 12.7. The standard InChI is InChI=1S/C18H11ClF3NO4/c19-14-8-27-15-7-12(4-5-13(15)17(14)25)26-9-16(24)23-11-3-1-2-10(6-11)18(20,21)22/h1-8H,9H2,(H,23,24). The summed E-state index contributed by atoms with van der Waals surface area (Å²) in [6.45, 7) is -0.445. The van der Waals surface area contributed by atoms with Crippen molar-refractivity contribution in [3.8, 4) is 5.75 Å². The fourth-order valence-electron chi connectivity index (χ4n) is 2.29. The quantitative estimate of drug-likeness (QED) is 0.704. The molecule has 140 valence electrons. The molecule has 27 heavy (non-hydrogen) atoms. The van der Waals surface area contributed by atoms with E-state index in [9.17, 15) is 22.8 Å². The number of nitrogens with one attached hydrogen (secondary N) is 1. The Kier molecular flexibility index (Phi) is 5.09. The zero-order valence-corrected chi connectivity index (χ0v) is 14.2. The van der Waals surface area contributed by atoms with Crippen molar-refractivity contribution in [1.29, 1.82) is 0 Å². The predicted octanol–water partition coefficient (Wildman–Crippen LogP) is 4.48. The van der Waals surface area contributed by atoms with Crippen molar-refractivity contribution in [3.05, 3.63) is 69.5 Å². The number of benzene rings is 2. The van der Waals surface area contributed by atoms with Crippen molar-refractivity contribution in [2.45, 2.75) is 6.18 Å². The number of rotatable bonds is 4. The maximum Gasteiger partial charge on any atom is 0.416 e. The monoisotopic (exact) mass is 397 g/mol. The number of hydrogen-bond donors (Lipinski definition) is 1. The molecule has 0 aliphatic carbocycles. The maximum atomic E-state index is 12.7. The molecule has 0 radical (unpaired) electrons. The number of carbonyl (C=O) groups is 1. The second-order valence-corrected chi connectivity index (χ2v) is 5.89. The van der Waals surface area contributed by atoms with Gasteiger partial charge in [-0.2, -0.15) is 13.2 Å². The summed E-state index contributed by atoms with van der Waals surface area (Å²) in [5, 5.41) is 2.52. The fourth-order valence-corrected chi connectivity index (χ4v) is 2.44. The SMILES string of the molecule is O=C(COc1ccc2c(=O)c(Cl)coc2c1)Nc1cccc(C(F)(F)F)c1. The molecule has 3 aromatic rings. The van der Waals surface area contributed by atoms with Gasteiger partial charge in [-0.1, -0.05) is 17.7 Å². The summed E-state index contributed by atoms with van der Waals surface area (Å²) in [5.41, 5.74) is -1.05. The zero-order valence-electron chi connectivity index (χ0n) is 13.5. The number of amides is 1. The van der Waals surface area contributed by atoms with Crippen LogP contribution in [0.3, 0.4) is 0 Å². The highest BCUT2D eigenvalue weighted by molar-refractivity contribution is 6.30. The average molecular weight is 398 g/mol. The van der Waals surface area contributed by atoms with E-state index >= 15 is 0 Å². The lowest BCUT2D eigenvalue weighted by Gasteiger charge is -2.10. The topological polar surface area (TPSA) is 68.5 Å². The van der Waals surface area contributed by atoms with E-state index in [2.05, 4.69) is 5.32 Å². The summed E-state index contributed by atoms with van der Waals surface area (Å²) >= 11 is 5.69. The van der Waals surface area contributed by atoms with E-state index in [1.54, 1.807) is 0 Å². The third-order valence-electron chi connectivity index (χ3n) is 3.55. The Hall–Kier alpha value is -3.00. The predicted molar refractivity (Wildman–Crippen MR) is 93.1 cm³/mol. The van der Waals surface area contributed by atoms with Gasteiger partial charge in [-0.05, 0) is 30.3 Å². The first kappa shape index (κ1) is 18.8. The van der Waals surface area contributed by atoms with Gasteiger partial charge in [0.05, 0.1) is 10.9 Å². The van der Waals surface area contributed by atoms with E-state index in [4.69, 9.17) is 20.8 Å². The molecular formula is C18H11ClF3NO4. The number of ether oxygens (including phenoxy) is 1. The number of hydrogen-bond acceptors (Lipinski definition) is 4. The molecule has 0 spiro atoms. The Bertz CT molecular complexity index is 1060. The van der Waals surface area contributed by atoms with Crippen molar-refractivity contribution in [1.82, 2.24) is 0 Å². The molecule has 1 heterocycles. The molecule has 1 amide bonds. The number of halogens is 4. The van der Waals surface area contributed by atoms with Gasteiger partial charge in [-0.3, -0.25) is 9.59 Å². The zero-order chi connectivity index (χ0) is 19.6. The van der Waals surface area contributed by atoms with E-state index in [0.717, 1.165) is 18.4 Å². The third-order valence-corrected chi connectivity index (χ3v) is 3.81. The molecule has 0 unspecified atom stereocenters. The van der Waals surface area contributed by atoms with E-state index in [1.807, 2.05) is 0 Å². The summed E-state index contributed by atoms with van der Waals surface area (Å²) in [4.78, 5) is 23.7. The van der Waals surface area contributed by atoms with Gasteiger partial charge >= 0.3 is 6.18 Å². The number of carbonyl (C=O) groups excluding carboxylic acids is 1. The van der Waals surface area contributed by atoms with Crippen LogP contribution in [0.15, 0.2) is 57.9 Å². The van der Waals surface area contributed by atoms with Crippen LogP contribution in [-0.2, 0) is 11.0 Å². The van der Waals surface area contributed by atoms with Crippen LogP contribution in [0.5, 0.6) is 5.75 Å². The van der Waals surface area contributed by atoms with Crippen molar-refractivity contribution in [2.75, 3.05) is 11.9 Å². The van der Waals surface area contributed by atoms with Crippen molar-refractivity contribution < 1.29 is 27.1 Å². The molecule has 0 saturated carbocycles. The van der Waals surface area contributed by atoms with E-state index in [1.165, 1.54) is 30.3 Å². The van der Waals surface area contributed by atoms with Gasteiger partial charge in [0.25, 0.3) is 5.91 Å². The largest absolute Gasteiger partial charge is 0.484 e. The second-order valence-electron chi connectivity index (χ2n) is 5.49. The lowest BCUT2D eigenvalue weighted by molar-refractivity contribution is -0.137. The van der Waals surface area contributed by atoms with Crippen molar-refractivity contribution in [2.24, 2.45) is 0 Å². The molecule has 0 saturated heterocycles. The molecule has 3 rings (SSSR count). The van der Waals surface area contributed by atoms with Crippen LogP contribution in [0.1, 0.15) is 5.56 Å². The molecule has 9 heteroatoms. The Morgan fingerprint density at radius 3 is 2.70 bits per heavy atom. The van der Waals surface area contributed by atoms with Gasteiger partial charge in [0.15, 0.2) is 6.61 Å². The van der Waals surface area contributed by atoms with Gasteiger partial charge < -0.3 is 14.5 Å². The van der Waals surface area contributed by atoms with Crippen LogP contribution in [0, 0.1) is 0 Å². The second kappa shape index (κ2) is 7.32. The Balaban J connectivity index is 1.67. The normalized spacial score (nSPS) is 11.4. The minimum atomic E-state index is -4.50. The molecule has 0 aliphatic heterocycles. The third kappa shape index (κ3) is 4.40. The minimum Gasteiger partial charge on any atom is -0.484 e. The molecule has 2 aromatic carbocycles. The van der Waals surface area contributed by atoms with Gasteiger partial charge in [0.1, 0.15) is 22.6 Å². The van der Waals surface area contributed by atoms with Crippen molar-refractivity contribution >= 4 is 34.2 Å². The molecule has 5 nitrogen and oxygen atoms in total. The van der Waals surface area contributed by atoms with Crippen LogP contribution < -0.4 is 15.5 Å². The van der Waals surface area contributed by atoms with Crippen LogP contribution in [0.25, 0.3) is 11.0 Å². The Morgan fingerprint density at radius 1 is 1.19 bits per heavy atom. The van der Waals surface area contributed by atoms with Gasteiger partial charge in [-0.25, -0.2) is 0 Å². The molecule has 1 N–H and O–H groups in total. The van der Waals surface area contributed by atoms with E-state index in [0.29, 0.717) is 0 Å². The summed E-state index contributed by atoms with van der Waals surface area (Å²) in [6, 6.07) is 8.55. The number of alkyl halides is 3. The van der Waals surface area contributed by atoms with Crippen LogP contribution in [0.4, 0.5) is 18.9 Å². The minimum absolute atomic E-state index is 0.00225. The summed E-state index contributed by atoms with van der Waals surface area (Å²) < 4.78 is 48.5. The molecule has 0 aliphatic rings.